The van der Waals surface area contributed by atoms with Crippen LogP contribution in [0.5, 0.6) is 0 Å². The Bertz CT molecular complexity index is 837. The number of hydrogen-bond donors (Lipinski definition) is 3. The summed E-state index contributed by atoms with van der Waals surface area (Å²) in [6.45, 7) is 1.12. The molecular weight excluding hydrogens is 362 g/mol. The van der Waals surface area contributed by atoms with Crippen LogP contribution in [0.1, 0.15) is 12.5 Å². The minimum absolute atomic E-state index is 0.0906. The lowest BCUT2D eigenvalue weighted by Crippen LogP contribution is -2.44. The zero-order valence-electron chi connectivity index (χ0n) is 15.9. The number of aliphatic carboxylic acids is 1. The van der Waals surface area contributed by atoms with Gasteiger partial charge in [0.1, 0.15) is 11.2 Å². The van der Waals surface area contributed by atoms with Crippen LogP contribution >= 0.6 is 0 Å². The Hall–Kier alpha value is -2.51. The topological polar surface area (TPSA) is 94.8 Å². The Morgan fingerprint density at radius 1 is 1.14 bits per heavy atom. The van der Waals surface area contributed by atoms with Crippen molar-refractivity contribution in [3.05, 3.63) is 59.9 Å². The first-order valence-electron chi connectivity index (χ1n) is 9.09. The van der Waals surface area contributed by atoms with Crippen LogP contribution in [0.4, 0.5) is 4.39 Å². The van der Waals surface area contributed by atoms with Crippen molar-refractivity contribution >= 4 is 18.7 Å². The number of hydrogen-bond acceptors (Lipinski definition) is 4. The van der Waals surface area contributed by atoms with Crippen molar-refractivity contribution in [2.45, 2.75) is 26.5 Å². The zero-order valence-corrected chi connectivity index (χ0v) is 15.9. The van der Waals surface area contributed by atoms with Crippen LogP contribution < -0.4 is 0 Å². The van der Waals surface area contributed by atoms with Crippen LogP contribution in [0.15, 0.2) is 48.5 Å². The van der Waals surface area contributed by atoms with E-state index in [4.69, 9.17) is 0 Å². The summed E-state index contributed by atoms with van der Waals surface area (Å²) in [6.07, 6.45) is 0.323. The van der Waals surface area contributed by atoms with E-state index in [-0.39, 0.29) is 18.6 Å². The van der Waals surface area contributed by atoms with Gasteiger partial charge in [0.05, 0.1) is 6.61 Å². The second-order valence-corrected chi connectivity index (χ2v) is 7.35. The summed E-state index contributed by atoms with van der Waals surface area (Å²) < 4.78 is 13.4. The quantitative estimate of drug-likeness (QED) is 0.455. The van der Waals surface area contributed by atoms with Gasteiger partial charge in [-0.25, -0.2) is 4.39 Å². The van der Waals surface area contributed by atoms with Gasteiger partial charge in [-0.15, -0.1) is 0 Å². The minimum atomic E-state index is -1.92. The molecule has 2 rings (SSSR count). The van der Waals surface area contributed by atoms with Gasteiger partial charge in [-0.2, -0.15) is 0 Å². The highest BCUT2D eigenvalue weighted by Crippen LogP contribution is 2.28. The summed E-state index contributed by atoms with van der Waals surface area (Å²) in [6, 6.07) is 13.4. The molecule has 0 amide bonds. The molecule has 28 heavy (non-hydrogen) atoms. The van der Waals surface area contributed by atoms with E-state index < -0.39 is 36.6 Å². The van der Waals surface area contributed by atoms with Crippen LogP contribution in [0.3, 0.4) is 0 Å². The summed E-state index contributed by atoms with van der Waals surface area (Å²) in [5, 5.41) is 28.6. The molecule has 2 atom stereocenters. The molecule has 148 valence electrons. The lowest BCUT2D eigenvalue weighted by molar-refractivity contribution is -0.157. The van der Waals surface area contributed by atoms with E-state index >= 15 is 0 Å². The van der Waals surface area contributed by atoms with Crippen LogP contribution in [0.25, 0.3) is 11.1 Å². The number of halogens is 1. The fourth-order valence-corrected chi connectivity index (χ4v) is 3.18. The van der Waals surface area contributed by atoms with E-state index in [1.807, 2.05) is 0 Å². The SMILES string of the molecule is CB(O)C[C@H](Cc1ccc(-c2cccc(F)c2)cc1)C(=O)[C@@](C)(CO)C(=O)O. The molecule has 0 spiro atoms. The smallest absolute Gasteiger partial charge is 0.319 e. The number of carbonyl (C=O) groups is 2. The van der Waals surface area contributed by atoms with Gasteiger partial charge in [0.15, 0.2) is 5.78 Å². The Morgan fingerprint density at radius 2 is 1.79 bits per heavy atom. The molecule has 5 nitrogen and oxygen atoms in total. The molecule has 0 saturated heterocycles. The van der Waals surface area contributed by atoms with Gasteiger partial charge < -0.3 is 15.2 Å². The van der Waals surface area contributed by atoms with E-state index in [1.54, 1.807) is 36.4 Å². The predicted molar refractivity (Wildman–Crippen MR) is 106 cm³/mol. The maximum atomic E-state index is 13.4. The molecule has 0 aliphatic carbocycles. The van der Waals surface area contributed by atoms with Crippen molar-refractivity contribution in [2.75, 3.05) is 6.61 Å². The van der Waals surface area contributed by atoms with E-state index in [2.05, 4.69) is 0 Å². The van der Waals surface area contributed by atoms with Crippen LogP contribution in [-0.4, -0.2) is 40.5 Å². The van der Waals surface area contributed by atoms with Gasteiger partial charge in [0, 0.05) is 5.92 Å². The van der Waals surface area contributed by atoms with Gasteiger partial charge in [-0.05, 0) is 48.5 Å². The molecule has 2 aromatic rings. The molecule has 0 aromatic heterocycles. The van der Waals surface area contributed by atoms with Gasteiger partial charge in [0.2, 0.25) is 0 Å². The van der Waals surface area contributed by atoms with Gasteiger partial charge in [-0.3, -0.25) is 9.59 Å². The van der Waals surface area contributed by atoms with Gasteiger partial charge in [0.25, 0.3) is 6.92 Å². The first kappa shape index (κ1) is 21.8. The van der Waals surface area contributed by atoms with E-state index in [9.17, 15) is 29.2 Å². The Morgan fingerprint density at radius 3 is 2.29 bits per heavy atom. The molecular formula is C21H24BFO5. The van der Waals surface area contributed by atoms with Crippen molar-refractivity contribution in [1.29, 1.82) is 0 Å². The first-order chi connectivity index (χ1) is 13.2. The predicted octanol–water partition coefficient (Wildman–Crippen LogP) is 2.92. The fourth-order valence-electron chi connectivity index (χ4n) is 3.18. The highest BCUT2D eigenvalue weighted by molar-refractivity contribution is 6.49. The van der Waals surface area contributed by atoms with Crippen molar-refractivity contribution < 1.29 is 29.2 Å². The molecule has 0 radical (unpaired) electrons. The number of carbonyl (C=O) groups excluding carboxylic acids is 1. The Labute approximate surface area is 164 Å². The normalized spacial score (nSPS) is 14.2. The minimum Gasteiger partial charge on any atom is -0.480 e. The lowest BCUT2D eigenvalue weighted by Gasteiger charge is -2.27. The Kier molecular flexibility index (Phi) is 7.10. The summed E-state index contributed by atoms with van der Waals surface area (Å²) >= 11 is 0. The largest absolute Gasteiger partial charge is 0.480 e. The van der Waals surface area contributed by atoms with Crippen molar-refractivity contribution in [3.8, 4) is 11.1 Å². The Balaban J connectivity index is 2.25. The van der Waals surface area contributed by atoms with Gasteiger partial charge in [-0.1, -0.05) is 43.2 Å². The molecule has 0 heterocycles. The maximum absolute atomic E-state index is 13.4. The highest BCUT2D eigenvalue weighted by atomic mass is 19.1. The average molecular weight is 386 g/mol. The molecule has 0 unspecified atom stereocenters. The first-order valence-corrected chi connectivity index (χ1v) is 9.09. The van der Waals surface area contributed by atoms with Crippen molar-refractivity contribution in [1.82, 2.24) is 0 Å². The summed E-state index contributed by atoms with van der Waals surface area (Å²) in [5.74, 6) is -3.09. The number of Topliss-reactive ketones (excluding diaryl/α,β-unsaturated/α-hetero) is 1. The molecule has 0 fully saturated rings. The number of carboxylic acids is 1. The summed E-state index contributed by atoms with van der Waals surface area (Å²) in [7, 11) is 0. The van der Waals surface area contributed by atoms with Crippen LogP contribution in [0, 0.1) is 17.2 Å². The average Bonchev–Trinajstić information content (AvgIpc) is 2.66. The molecule has 3 N–H and O–H groups in total. The van der Waals surface area contributed by atoms with Crippen LogP contribution in [0.2, 0.25) is 13.1 Å². The number of rotatable bonds is 9. The number of aliphatic hydroxyl groups is 1. The number of carboxylic acid groups (broad SMARTS) is 1. The molecule has 2 aromatic carbocycles. The molecule has 0 aliphatic rings. The number of aliphatic hydroxyl groups excluding tert-OH is 1. The molecule has 0 aliphatic heterocycles. The second-order valence-electron chi connectivity index (χ2n) is 7.35. The van der Waals surface area contributed by atoms with Crippen molar-refractivity contribution in [2.24, 2.45) is 11.3 Å². The van der Waals surface area contributed by atoms with E-state index in [0.717, 1.165) is 16.7 Å². The summed E-state index contributed by atoms with van der Waals surface area (Å²) in [4.78, 5) is 24.3. The third kappa shape index (κ3) is 5.06. The summed E-state index contributed by atoms with van der Waals surface area (Å²) in [5.41, 5.74) is 0.403. The standard InChI is InChI=1S/C21H24BFO5/c1-21(13-24,20(26)27)19(25)17(12-22(2)28)10-14-6-8-15(9-7-14)16-4-3-5-18(23)11-16/h3-9,11,17,24,28H,10,12-13H2,1-2H3,(H,26,27)/t17-,21+/m0/s1. The van der Waals surface area contributed by atoms with Crippen molar-refractivity contribution in [3.63, 3.8) is 0 Å². The van der Waals surface area contributed by atoms with Crippen LogP contribution in [-0.2, 0) is 16.0 Å². The monoisotopic (exact) mass is 386 g/mol. The lowest BCUT2D eigenvalue weighted by atomic mass is 9.60. The molecule has 0 saturated carbocycles. The second kappa shape index (κ2) is 9.12. The highest BCUT2D eigenvalue weighted by Gasteiger charge is 2.44. The third-order valence-electron chi connectivity index (χ3n) is 4.92. The number of ketones is 1. The third-order valence-corrected chi connectivity index (χ3v) is 4.92. The number of benzene rings is 2. The van der Waals surface area contributed by atoms with E-state index in [1.165, 1.54) is 25.9 Å². The van der Waals surface area contributed by atoms with Gasteiger partial charge >= 0.3 is 5.97 Å². The molecule has 0 bridgehead atoms. The fraction of sp³-hybridized carbons (Fsp3) is 0.333. The maximum Gasteiger partial charge on any atom is 0.319 e. The zero-order chi connectivity index (χ0) is 20.9. The van der Waals surface area contributed by atoms with E-state index in [0.29, 0.717) is 0 Å². The molecule has 7 heteroatoms.